The van der Waals surface area contributed by atoms with Crippen LogP contribution in [0.4, 0.5) is 10.1 Å². The number of benzene rings is 2. The molecule has 1 atom stereocenters. The fraction of sp³-hybridized carbons (Fsp3) is 0.417. The highest BCUT2D eigenvalue weighted by Gasteiger charge is 2.26. The predicted octanol–water partition coefficient (Wildman–Crippen LogP) is 3.10. The van der Waals surface area contributed by atoms with Gasteiger partial charge in [0, 0.05) is 32.1 Å². The summed E-state index contributed by atoms with van der Waals surface area (Å²) >= 11 is 0. The summed E-state index contributed by atoms with van der Waals surface area (Å²) in [6.45, 7) is 3.64. The van der Waals surface area contributed by atoms with Crippen LogP contribution in [0.3, 0.4) is 0 Å². The van der Waals surface area contributed by atoms with Gasteiger partial charge in [0.1, 0.15) is 11.9 Å². The molecule has 0 saturated heterocycles. The molecule has 0 aliphatic carbocycles. The van der Waals surface area contributed by atoms with E-state index in [-0.39, 0.29) is 37.7 Å². The third kappa shape index (κ3) is 7.28. The number of carbonyl (C=O) groups excluding carboxylic acids is 2. The molecule has 0 radical (unpaired) electrons. The van der Waals surface area contributed by atoms with Gasteiger partial charge in [-0.2, -0.15) is 0 Å². The van der Waals surface area contributed by atoms with Crippen LogP contribution in [-0.2, 0) is 32.6 Å². The molecule has 0 aliphatic rings. The summed E-state index contributed by atoms with van der Waals surface area (Å²) in [7, 11) is -2.08. The van der Waals surface area contributed by atoms with Gasteiger partial charge in [0.2, 0.25) is 21.8 Å². The number of hydrogen-bond acceptors (Lipinski definition) is 4. The van der Waals surface area contributed by atoms with Gasteiger partial charge in [0.25, 0.3) is 0 Å². The normalized spacial score (nSPS) is 12.2. The van der Waals surface area contributed by atoms with Crippen molar-refractivity contribution in [1.82, 2.24) is 10.2 Å². The van der Waals surface area contributed by atoms with Crippen LogP contribution in [0.25, 0.3) is 0 Å². The molecular formula is C24H32FN3O4S. The maximum atomic E-state index is 14.2. The summed E-state index contributed by atoms with van der Waals surface area (Å²) in [6, 6.07) is 12.5. The van der Waals surface area contributed by atoms with Gasteiger partial charge < -0.3 is 10.2 Å². The molecule has 1 N–H and O–H groups in total. The first-order valence-corrected chi connectivity index (χ1v) is 12.7. The Labute approximate surface area is 195 Å². The highest BCUT2D eigenvalue weighted by atomic mass is 32.2. The lowest BCUT2D eigenvalue weighted by Crippen LogP contribution is -2.47. The fourth-order valence-corrected chi connectivity index (χ4v) is 4.47. The Morgan fingerprint density at radius 2 is 1.73 bits per heavy atom. The van der Waals surface area contributed by atoms with E-state index in [0.717, 1.165) is 18.2 Å². The number of aryl methyl sites for hydroxylation is 1. The number of carbonyl (C=O) groups is 2. The van der Waals surface area contributed by atoms with Gasteiger partial charge in [-0.1, -0.05) is 37.3 Å². The molecule has 0 spiro atoms. The second-order valence-corrected chi connectivity index (χ2v) is 9.77. The largest absolute Gasteiger partial charge is 0.357 e. The Bertz CT molecular complexity index is 1060. The Morgan fingerprint density at radius 3 is 2.27 bits per heavy atom. The van der Waals surface area contributed by atoms with E-state index in [1.165, 1.54) is 22.3 Å². The molecule has 0 heterocycles. The zero-order chi connectivity index (χ0) is 24.6. The maximum Gasteiger partial charge on any atom is 0.242 e. The topological polar surface area (TPSA) is 86.8 Å². The molecule has 0 saturated carbocycles. The maximum absolute atomic E-state index is 14.2. The van der Waals surface area contributed by atoms with Crippen LogP contribution in [0.1, 0.15) is 37.8 Å². The summed E-state index contributed by atoms with van der Waals surface area (Å²) < 4.78 is 40.1. The van der Waals surface area contributed by atoms with Crippen molar-refractivity contribution in [3.05, 3.63) is 65.5 Å². The third-order valence-corrected chi connectivity index (χ3v) is 6.69. The minimum Gasteiger partial charge on any atom is -0.357 e. The van der Waals surface area contributed by atoms with Crippen LogP contribution in [0, 0.1) is 5.82 Å². The Balaban J connectivity index is 2.14. The highest BCUT2D eigenvalue weighted by molar-refractivity contribution is 7.92. The van der Waals surface area contributed by atoms with Crippen molar-refractivity contribution in [2.24, 2.45) is 0 Å². The number of hydrogen-bond donors (Lipinski definition) is 1. The van der Waals surface area contributed by atoms with E-state index >= 15 is 0 Å². The smallest absolute Gasteiger partial charge is 0.242 e. The molecular weight excluding hydrogens is 445 g/mol. The number of halogens is 1. The van der Waals surface area contributed by atoms with Crippen molar-refractivity contribution >= 4 is 27.5 Å². The van der Waals surface area contributed by atoms with Gasteiger partial charge in [-0.05, 0) is 43.5 Å². The summed E-state index contributed by atoms with van der Waals surface area (Å²) in [4.78, 5) is 26.5. The molecule has 9 heteroatoms. The molecule has 33 heavy (non-hydrogen) atoms. The Morgan fingerprint density at radius 1 is 1.09 bits per heavy atom. The second kappa shape index (κ2) is 11.8. The number of likely N-dealkylation sites (N-methyl/N-ethyl adjacent to an activating group) is 1. The molecule has 180 valence electrons. The number of rotatable bonds is 11. The molecule has 0 aliphatic heterocycles. The second-order valence-electron chi connectivity index (χ2n) is 7.86. The number of sulfonamides is 1. The van der Waals surface area contributed by atoms with Gasteiger partial charge >= 0.3 is 0 Å². The lowest BCUT2D eigenvalue weighted by atomic mass is 10.1. The lowest BCUT2D eigenvalue weighted by molar-refractivity contribution is -0.140. The standard InChI is InChI=1S/C24H32FN3O4S/c1-5-19-12-14-21(15-13-19)28(33(4,31)32)16-8-11-23(29)27(18(2)24(30)26-3)17-20-9-6-7-10-22(20)25/h6-7,9-10,12-15,18H,5,8,11,16-17H2,1-4H3,(H,26,30)/t18-/m0/s1. The lowest BCUT2D eigenvalue weighted by Gasteiger charge is -2.29. The minimum atomic E-state index is -3.55. The average Bonchev–Trinajstić information content (AvgIpc) is 2.79. The molecule has 0 aromatic heterocycles. The van der Waals surface area contributed by atoms with Gasteiger partial charge in [-0.15, -0.1) is 0 Å². The van der Waals surface area contributed by atoms with E-state index in [1.54, 1.807) is 37.3 Å². The number of nitrogens with one attached hydrogen (secondary N) is 1. The van der Waals surface area contributed by atoms with E-state index in [9.17, 15) is 22.4 Å². The first-order valence-electron chi connectivity index (χ1n) is 10.9. The van der Waals surface area contributed by atoms with E-state index in [4.69, 9.17) is 0 Å². The zero-order valence-corrected chi connectivity index (χ0v) is 20.4. The Kier molecular flexibility index (Phi) is 9.40. The first kappa shape index (κ1) is 26.3. The van der Waals surface area contributed by atoms with Gasteiger partial charge in [0.15, 0.2) is 0 Å². The van der Waals surface area contributed by atoms with Gasteiger partial charge in [-0.3, -0.25) is 13.9 Å². The zero-order valence-electron chi connectivity index (χ0n) is 19.5. The average molecular weight is 478 g/mol. The summed E-state index contributed by atoms with van der Waals surface area (Å²) in [5, 5.41) is 2.51. The van der Waals surface area contributed by atoms with Crippen LogP contribution in [0.15, 0.2) is 48.5 Å². The molecule has 0 fully saturated rings. The van der Waals surface area contributed by atoms with Crippen molar-refractivity contribution in [2.45, 2.75) is 45.7 Å². The molecule has 2 rings (SSSR count). The predicted molar refractivity (Wildman–Crippen MR) is 128 cm³/mol. The van der Waals surface area contributed by atoms with E-state index in [0.29, 0.717) is 11.3 Å². The van der Waals surface area contributed by atoms with E-state index in [2.05, 4.69) is 5.32 Å². The summed E-state index contributed by atoms with van der Waals surface area (Å²) in [5.41, 5.74) is 1.92. The van der Waals surface area contributed by atoms with Crippen LogP contribution < -0.4 is 9.62 Å². The van der Waals surface area contributed by atoms with E-state index in [1.807, 2.05) is 19.1 Å². The van der Waals surface area contributed by atoms with E-state index < -0.39 is 21.9 Å². The first-order chi connectivity index (χ1) is 15.6. The molecule has 0 bridgehead atoms. The van der Waals surface area contributed by atoms with Crippen LogP contribution in [0.2, 0.25) is 0 Å². The van der Waals surface area contributed by atoms with Crippen LogP contribution in [0.5, 0.6) is 0 Å². The van der Waals surface area contributed by atoms with Gasteiger partial charge in [-0.25, -0.2) is 12.8 Å². The molecule has 0 unspecified atom stereocenters. The van der Waals surface area contributed by atoms with Crippen molar-refractivity contribution in [2.75, 3.05) is 24.2 Å². The summed E-state index contributed by atoms with van der Waals surface area (Å²) in [6.07, 6.45) is 2.22. The van der Waals surface area contributed by atoms with Crippen LogP contribution in [-0.4, -0.2) is 51.0 Å². The quantitative estimate of drug-likeness (QED) is 0.539. The van der Waals surface area contributed by atoms with Crippen molar-refractivity contribution in [3.63, 3.8) is 0 Å². The highest BCUT2D eigenvalue weighted by Crippen LogP contribution is 2.20. The van der Waals surface area contributed by atoms with Crippen molar-refractivity contribution in [1.29, 1.82) is 0 Å². The van der Waals surface area contributed by atoms with Crippen molar-refractivity contribution in [3.8, 4) is 0 Å². The number of anilines is 1. The minimum absolute atomic E-state index is 0.00878. The monoisotopic (exact) mass is 477 g/mol. The van der Waals surface area contributed by atoms with Gasteiger partial charge in [0.05, 0.1) is 11.9 Å². The van der Waals surface area contributed by atoms with Crippen LogP contribution >= 0.6 is 0 Å². The Hall–Kier alpha value is -2.94. The molecule has 2 aromatic rings. The SMILES string of the molecule is CCc1ccc(N(CCCC(=O)N(Cc2ccccc2F)[C@@H](C)C(=O)NC)S(C)(=O)=O)cc1. The molecule has 2 aromatic carbocycles. The number of amides is 2. The molecule has 2 amide bonds. The third-order valence-electron chi connectivity index (χ3n) is 5.50. The number of nitrogens with zero attached hydrogens (tertiary/aromatic N) is 2. The van der Waals surface area contributed by atoms with Crippen molar-refractivity contribution < 1.29 is 22.4 Å². The molecule has 7 nitrogen and oxygen atoms in total. The summed E-state index contributed by atoms with van der Waals surface area (Å²) in [5.74, 6) is -1.18. The fourth-order valence-electron chi connectivity index (χ4n) is 3.50.